The van der Waals surface area contributed by atoms with Gasteiger partial charge in [0.05, 0.1) is 15.6 Å². The molecule has 0 bridgehead atoms. The van der Waals surface area contributed by atoms with Crippen LogP contribution in [0.1, 0.15) is 83.1 Å². The highest BCUT2D eigenvalue weighted by atomic mass is 79.9. The summed E-state index contributed by atoms with van der Waals surface area (Å²) in [6, 6.07) is 24.8. The minimum atomic E-state index is -2.83. The van der Waals surface area contributed by atoms with Gasteiger partial charge >= 0.3 is 0 Å². The predicted molar refractivity (Wildman–Crippen MR) is 226 cm³/mol. The van der Waals surface area contributed by atoms with Crippen molar-refractivity contribution in [2.75, 3.05) is 0 Å². The van der Waals surface area contributed by atoms with Crippen molar-refractivity contribution in [3.05, 3.63) is 93.9 Å². The molecule has 282 valence electrons. The lowest BCUT2D eigenvalue weighted by molar-refractivity contribution is -0.150. The zero-order valence-corrected chi connectivity index (χ0v) is 38.1. The topological polar surface area (TPSA) is 54.0 Å². The molecular formula is C42H62Br2O5Si2. The summed E-state index contributed by atoms with van der Waals surface area (Å²) in [7, 11) is -4.86. The third-order valence-corrected chi connectivity index (χ3v) is 20.8. The Morgan fingerprint density at radius 1 is 0.863 bits per heavy atom. The molecule has 0 spiro atoms. The van der Waals surface area contributed by atoms with Crippen molar-refractivity contribution in [3.8, 4) is 0 Å². The van der Waals surface area contributed by atoms with Crippen LogP contribution >= 0.6 is 31.9 Å². The Kier molecular flexibility index (Phi) is 16.2. The second-order valence-corrected chi connectivity index (χ2v) is 27.4. The molecule has 9 heteroatoms. The zero-order valence-electron chi connectivity index (χ0n) is 33.0. The van der Waals surface area contributed by atoms with Crippen molar-refractivity contribution in [1.29, 1.82) is 0 Å². The van der Waals surface area contributed by atoms with Crippen molar-refractivity contribution >= 4 is 64.7 Å². The van der Waals surface area contributed by atoms with Crippen LogP contribution in [0.2, 0.25) is 23.2 Å². The monoisotopic (exact) mass is 860 g/mol. The standard InChI is InChI=1S/C42H62Br2O5Si2/c1-13-50(14-2,15-3)49-39(33(7)48-51(41(8,9)10,34-22-18-16-19-23-34)35-24-20-17-21-25-35)31(5)28-30(4)26-27-36(45)32(6)40-37(29-38(43)44)46-42(11,12)47-40/h16-29,31-33,37,39-40H,13-15H2,1-12H3/b27-26+,30-28+/t31-,32-,33-,37+,39+,40-/m1/s1. The largest absolute Gasteiger partial charge is 0.411 e. The first kappa shape index (κ1) is 44.0. The van der Waals surface area contributed by atoms with Gasteiger partial charge in [-0.1, -0.05) is 134 Å². The average Bonchev–Trinajstić information content (AvgIpc) is 3.39. The van der Waals surface area contributed by atoms with Crippen LogP contribution in [0.5, 0.6) is 0 Å². The average molecular weight is 863 g/mol. The molecule has 2 aromatic carbocycles. The molecule has 3 rings (SSSR count). The molecule has 1 fully saturated rings. The Balaban J connectivity index is 2.00. The molecule has 0 aromatic heterocycles. The summed E-state index contributed by atoms with van der Waals surface area (Å²) in [6.07, 6.45) is 6.63. The molecular weight excluding hydrogens is 800 g/mol. The van der Waals surface area contributed by atoms with Gasteiger partial charge in [0.2, 0.25) is 0 Å². The van der Waals surface area contributed by atoms with Gasteiger partial charge in [-0.05, 0) is 105 Å². The summed E-state index contributed by atoms with van der Waals surface area (Å²) in [5.74, 6) is -1.14. The number of ether oxygens (including phenoxy) is 2. The summed E-state index contributed by atoms with van der Waals surface area (Å²) in [4.78, 5) is 13.5. The number of halogens is 2. The second kappa shape index (κ2) is 18.7. The van der Waals surface area contributed by atoms with Crippen LogP contribution in [0.4, 0.5) is 0 Å². The molecule has 6 atom stereocenters. The molecule has 0 aliphatic carbocycles. The van der Waals surface area contributed by atoms with E-state index in [0.717, 1.165) is 27.1 Å². The number of rotatable bonds is 17. The number of hydrogen-bond donors (Lipinski definition) is 0. The summed E-state index contributed by atoms with van der Waals surface area (Å²) in [5, 5.41) is 2.37. The normalized spacial score (nSPS) is 20.9. The predicted octanol–water partition coefficient (Wildman–Crippen LogP) is 10.8. The third-order valence-electron chi connectivity index (χ3n) is 10.5. The molecule has 1 aliphatic heterocycles. The molecule has 51 heavy (non-hydrogen) atoms. The lowest BCUT2D eigenvalue weighted by Gasteiger charge is -2.47. The van der Waals surface area contributed by atoms with Gasteiger partial charge in [0.1, 0.15) is 12.2 Å². The Morgan fingerprint density at radius 3 is 1.82 bits per heavy atom. The highest BCUT2D eigenvalue weighted by molar-refractivity contribution is 9.28. The van der Waals surface area contributed by atoms with Crippen LogP contribution in [0.25, 0.3) is 0 Å². The van der Waals surface area contributed by atoms with E-state index in [9.17, 15) is 4.79 Å². The summed E-state index contributed by atoms with van der Waals surface area (Å²) < 4.78 is 28.1. The van der Waals surface area contributed by atoms with E-state index in [1.54, 1.807) is 6.08 Å². The summed E-state index contributed by atoms with van der Waals surface area (Å²) in [5.41, 5.74) is 1.01. The summed E-state index contributed by atoms with van der Waals surface area (Å²) in [6.45, 7) is 26.0. The molecule has 5 nitrogen and oxygen atoms in total. The number of carbonyl (C=O) groups excluding carboxylic acids is 1. The maximum absolute atomic E-state index is 13.5. The van der Waals surface area contributed by atoms with Gasteiger partial charge in [0, 0.05) is 11.8 Å². The highest BCUT2D eigenvalue weighted by Crippen LogP contribution is 2.40. The maximum atomic E-state index is 13.5. The van der Waals surface area contributed by atoms with E-state index in [1.807, 2.05) is 32.9 Å². The van der Waals surface area contributed by atoms with Crippen LogP contribution < -0.4 is 10.4 Å². The van der Waals surface area contributed by atoms with E-state index in [0.29, 0.717) is 0 Å². The molecule has 0 radical (unpaired) electrons. The van der Waals surface area contributed by atoms with E-state index in [2.05, 4.69) is 161 Å². The fourth-order valence-electron chi connectivity index (χ4n) is 7.51. The van der Waals surface area contributed by atoms with Crippen molar-refractivity contribution in [2.24, 2.45) is 11.8 Å². The number of hydrogen-bond acceptors (Lipinski definition) is 5. The van der Waals surface area contributed by atoms with E-state index < -0.39 is 34.4 Å². The van der Waals surface area contributed by atoms with Crippen LogP contribution in [-0.4, -0.2) is 52.6 Å². The van der Waals surface area contributed by atoms with Crippen LogP contribution in [-0.2, 0) is 23.1 Å². The first-order valence-corrected chi connectivity index (χ1v) is 24.6. The van der Waals surface area contributed by atoms with Crippen LogP contribution in [0.15, 0.2) is 93.9 Å². The first-order chi connectivity index (χ1) is 23.8. The first-order valence-electron chi connectivity index (χ1n) is 18.6. The maximum Gasteiger partial charge on any atom is 0.261 e. The Labute approximate surface area is 328 Å². The SMILES string of the molecule is CC[Si](CC)(CC)O[C@@H]([C@H](C)/C=C(C)/C=C/C(=O)[C@@H](C)[C@H]1OC(C)(C)O[C@H]1C=C(Br)Br)[C@@H](C)O[Si](c1ccccc1)(c1ccccc1)C(C)(C)C. The number of ketones is 1. The molecule has 0 N–H and O–H groups in total. The highest BCUT2D eigenvalue weighted by Gasteiger charge is 2.52. The summed E-state index contributed by atoms with van der Waals surface area (Å²) >= 11 is 6.86. The van der Waals surface area contributed by atoms with Crippen molar-refractivity contribution < 1.29 is 23.1 Å². The van der Waals surface area contributed by atoms with Crippen molar-refractivity contribution in [2.45, 2.75) is 136 Å². The lowest BCUT2D eigenvalue weighted by atomic mass is 9.94. The quantitative estimate of drug-likeness (QED) is 0.0901. The second-order valence-electron chi connectivity index (χ2n) is 15.6. The Hall–Kier alpha value is -1.44. The number of allylic oxidation sites excluding steroid dienone is 3. The van der Waals surface area contributed by atoms with Gasteiger partial charge in [0.25, 0.3) is 8.32 Å². The van der Waals surface area contributed by atoms with E-state index >= 15 is 0 Å². The fourth-order valence-corrected chi connectivity index (χ4v) is 15.7. The Bertz CT molecular complexity index is 1450. The molecule has 2 aromatic rings. The molecule has 1 heterocycles. The van der Waals surface area contributed by atoms with Crippen LogP contribution in [0, 0.1) is 11.8 Å². The lowest BCUT2D eigenvalue weighted by Crippen LogP contribution is -2.68. The zero-order chi connectivity index (χ0) is 38.2. The molecule has 0 saturated carbocycles. The van der Waals surface area contributed by atoms with E-state index in [-0.39, 0.29) is 35.1 Å². The van der Waals surface area contributed by atoms with E-state index in [1.165, 1.54) is 10.4 Å². The molecule has 1 aliphatic rings. The number of carbonyl (C=O) groups is 1. The fraction of sp³-hybridized carbons (Fsp3) is 0.548. The minimum Gasteiger partial charge on any atom is -0.411 e. The van der Waals surface area contributed by atoms with Gasteiger partial charge in [-0.25, -0.2) is 0 Å². The smallest absolute Gasteiger partial charge is 0.261 e. The molecule has 1 saturated heterocycles. The van der Waals surface area contributed by atoms with E-state index in [4.69, 9.17) is 18.3 Å². The molecule has 0 unspecified atom stereocenters. The minimum absolute atomic E-state index is 0.00337. The third kappa shape index (κ3) is 11.1. The van der Waals surface area contributed by atoms with Crippen LogP contribution in [0.3, 0.4) is 0 Å². The molecule has 0 amide bonds. The number of benzene rings is 2. The van der Waals surface area contributed by atoms with Gasteiger partial charge in [-0.15, -0.1) is 0 Å². The van der Waals surface area contributed by atoms with Crippen molar-refractivity contribution in [1.82, 2.24) is 0 Å². The van der Waals surface area contributed by atoms with Gasteiger partial charge in [-0.2, -0.15) is 0 Å². The van der Waals surface area contributed by atoms with Gasteiger partial charge in [0.15, 0.2) is 19.9 Å². The van der Waals surface area contributed by atoms with Gasteiger partial charge in [-0.3, -0.25) is 4.79 Å². The van der Waals surface area contributed by atoms with Crippen molar-refractivity contribution in [3.63, 3.8) is 0 Å². The Morgan fingerprint density at radius 2 is 1.37 bits per heavy atom. The van der Waals surface area contributed by atoms with Gasteiger partial charge < -0.3 is 18.3 Å².